The fourth-order valence-corrected chi connectivity index (χ4v) is 2.21. The first kappa shape index (κ1) is 16.1. The van der Waals surface area contributed by atoms with E-state index in [4.69, 9.17) is 0 Å². The minimum Gasteiger partial charge on any atom is -0.357 e. The van der Waals surface area contributed by atoms with Gasteiger partial charge in [-0.1, -0.05) is 30.3 Å². The minimum atomic E-state index is 0.784. The van der Waals surface area contributed by atoms with Gasteiger partial charge in [0.05, 0.1) is 6.20 Å². The van der Waals surface area contributed by atoms with Gasteiger partial charge in [0.25, 0.3) is 0 Å². The van der Waals surface area contributed by atoms with Crippen LogP contribution in [-0.4, -0.2) is 35.4 Å². The largest absolute Gasteiger partial charge is 0.357 e. The highest BCUT2D eigenvalue weighted by Gasteiger charge is 1.99. The van der Waals surface area contributed by atoms with Gasteiger partial charge in [0.15, 0.2) is 5.96 Å². The Labute approximate surface area is 132 Å². The van der Waals surface area contributed by atoms with E-state index in [9.17, 15) is 0 Å². The summed E-state index contributed by atoms with van der Waals surface area (Å²) in [5.41, 5.74) is 2.55. The molecule has 0 radical (unpaired) electrons. The lowest BCUT2D eigenvalue weighted by molar-refractivity contribution is 0.765. The van der Waals surface area contributed by atoms with Crippen LogP contribution in [0.5, 0.6) is 0 Å². The van der Waals surface area contributed by atoms with E-state index in [0.717, 1.165) is 38.4 Å². The van der Waals surface area contributed by atoms with Crippen LogP contribution in [0.4, 0.5) is 0 Å². The molecule has 0 fully saturated rings. The van der Waals surface area contributed by atoms with Gasteiger partial charge in [-0.2, -0.15) is 5.10 Å². The predicted molar refractivity (Wildman–Crippen MR) is 91.0 cm³/mol. The first-order valence-corrected chi connectivity index (χ1v) is 7.81. The van der Waals surface area contributed by atoms with Crippen molar-refractivity contribution in [3.63, 3.8) is 0 Å². The second-order valence-corrected chi connectivity index (χ2v) is 5.20. The molecule has 118 valence electrons. The Hall–Kier alpha value is -2.30. The van der Waals surface area contributed by atoms with Crippen molar-refractivity contribution in [1.82, 2.24) is 20.4 Å². The summed E-state index contributed by atoms with van der Waals surface area (Å²) in [5, 5.41) is 10.8. The molecule has 0 aliphatic carbocycles. The molecule has 0 saturated carbocycles. The molecule has 0 unspecified atom stereocenters. The molecule has 0 atom stereocenters. The van der Waals surface area contributed by atoms with E-state index < -0.39 is 0 Å². The van der Waals surface area contributed by atoms with Crippen molar-refractivity contribution < 1.29 is 0 Å². The molecule has 5 heteroatoms. The van der Waals surface area contributed by atoms with Crippen LogP contribution in [0.25, 0.3) is 0 Å². The van der Waals surface area contributed by atoms with Crippen LogP contribution in [0.2, 0.25) is 0 Å². The van der Waals surface area contributed by atoms with Crippen molar-refractivity contribution >= 4 is 5.96 Å². The van der Waals surface area contributed by atoms with Gasteiger partial charge in [0.2, 0.25) is 0 Å². The van der Waals surface area contributed by atoms with Crippen LogP contribution < -0.4 is 10.6 Å². The number of hydrogen-bond acceptors (Lipinski definition) is 2. The normalized spacial score (nSPS) is 11.5. The standard InChI is InChI=1S/C17H25N5/c1-3-18-17(19-11-9-15-7-5-4-6-8-15)20-12-10-16-13-21-22(2)14-16/h4-8,13-14H,3,9-12H2,1-2H3,(H2,18,19,20). The van der Waals surface area contributed by atoms with E-state index in [1.54, 1.807) is 0 Å². The average Bonchev–Trinajstić information content (AvgIpc) is 2.94. The van der Waals surface area contributed by atoms with E-state index in [2.05, 4.69) is 51.9 Å². The lowest BCUT2D eigenvalue weighted by Crippen LogP contribution is -2.38. The fourth-order valence-electron chi connectivity index (χ4n) is 2.21. The van der Waals surface area contributed by atoms with Gasteiger partial charge in [-0.15, -0.1) is 0 Å². The van der Waals surface area contributed by atoms with Gasteiger partial charge in [-0.3, -0.25) is 9.67 Å². The van der Waals surface area contributed by atoms with Crippen LogP contribution in [0.3, 0.4) is 0 Å². The van der Waals surface area contributed by atoms with Crippen molar-refractivity contribution in [3.8, 4) is 0 Å². The molecule has 0 bridgehead atoms. The highest BCUT2D eigenvalue weighted by molar-refractivity contribution is 5.79. The van der Waals surface area contributed by atoms with Gasteiger partial charge in [0, 0.05) is 32.9 Å². The summed E-state index contributed by atoms with van der Waals surface area (Å²) in [4.78, 5) is 4.62. The molecular formula is C17H25N5. The summed E-state index contributed by atoms with van der Waals surface area (Å²) in [5.74, 6) is 0.877. The zero-order chi connectivity index (χ0) is 15.6. The number of nitrogens with one attached hydrogen (secondary N) is 2. The molecule has 0 aliphatic heterocycles. The summed E-state index contributed by atoms with van der Waals surface area (Å²) < 4.78 is 1.83. The third kappa shape index (κ3) is 5.60. The number of aryl methyl sites for hydroxylation is 1. The molecule has 5 nitrogen and oxygen atoms in total. The van der Waals surface area contributed by atoms with Crippen LogP contribution >= 0.6 is 0 Å². The molecule has 2 aromatic rings. The summed E-state index contributed by atoms with van der Waals surface area (Å²) in [6.45, 7) is 4.58. The van der Waals surface area contributed by atoms with Gasteiger partial charge < -0.3 is 10.6 Å². The first-order valence-electron chi connectivity index (χ1n) is 7.81. The number of aromatic nitrogens is 2. The molecule has 22 heavy (non-hydrogen) atoms. The maximum Gasteiger partial charge on any atom is 0.191 e. The third-order valence-electron chi connectivity index (χ3n) is 3.32. The SMILES string of the molecule is CCNC(=NCCc1ccccc1)NCCc1cnn(C)c1. The number of benzene rings is 1. The topological polar surface area (TPSA) is 54.2 Å². The van der Waals surface area contributed by atoms with Crippen molar-refractivity contribution in [2.45, 2.75) is 19.8 Å². The lowest BCUT2D eigenvalue weighted by atomic mass is 10.2. The molecule has 0 saturated heterocycles. The summed E-state index contributed by atoms with van der Waals surface area (Å²) >= 11 is 0. The maximum absolute atomic E-state index is 4.62. The zero-order valence-electron chi connectivity index (χ0n) is 13.4. The van der Waals surface area contributed by atoms with E-state index in [0.29, 0.717) is 0 Å². The second kappa shape index (κ2) is 8.87. The van der Waals surface area contributed by atoms with Crippen molar-refractivity contribution in [1.29, 1.82) is 0 Å². The second-order valence-electron chi connectivity index (χ2n) is 5.20. The van der Waals surface area contributed by atoms with Gasteiger partial charge >= 0.3 is 0 Å². The Bertz CT molecular complexity index is 574. The number of nitrogens with zero attached hydrogens (tertiary/aromatic N) is 3. The first-order chi connectivity index (χ1) is 10.8. The van der Waals surface area contributed by atoms with Gasteiger partial charge in [-0.05, 0) is 30.9 Å². The summed E-state index contributed by atoms with van der Waals surface area (Å²) in [6.07, 6.45) is 5.85. The van der Waals surface area contributed by atoms with Crippen LogP contribution in [0.15, 0.2) is 47.7 Å². The fraction of sp³-hybridized carbons (Fsp3) is 0.412. The van der Waals surface area contributed by atoms with E-state index in [-0.39, 0.29) is 0 Å². The minimum absolute atomic E-state index is 0.784. The maximum atomic E-state index is 4.62. The van der Waals surface area contributed by atoms with Crippen LogP contribution in [0, 0.1) is 0 Å². The molecule has 1 heterocycles. The highest BCUT2D eigenvalue weighted by atomic mass is 15.2. The summed E-state index contributed by atoms with van der Waals surface area (Å²) in [6, 6.07) is 10.4. The monoisotopic (exact) mass is 299 g/mol. The molecule has 2 rings (SSSR count). The van der Waals surface area contributed by atoms with Gasteiger partial charge in [0.1, 0.15) is 0 Å². The quantitative estimate of drug-likeness (QED) is 0.605. The molecule has 2 N–H and O–H groups in total. The number of guanidine groups is 1. The number of aliphatic imine (C=N–C) groups is 1. The number of rotatable bonds is 7. The molecule has 1 aromatic carbocycles. The summed E-state index contributed by atoms with van der Waals surface area (Å²) in [7, 11) is 1.94. The predicted octanol–water partition coefficient (Wildman–Crippen LogP) is 1.76. The molecule has 0 aliphatic rings. The Morgan fingerprint density at radius 1 is 1.14 bits per heavy atom. The molecular weight excluding hydrogens is 274 g/mol. The van der Waals surface area contributed by atoms with Gasteiger partial charge in [-0.25, -0.2) is 0 Å². The highest BCUT2D eigenvalue weighted by Crippen LogP contribution is 1.99. The lowest BCUT2D eigenvalue weighted by Gasteiger charge is -2.10. The molecule has 0 spiro atoms. The van der Waals surface area contributed by atoms with E-state index in [1.807, 2.05) is 30.2 Å². The van der Waals surface area contributed by atoms with Crippen molar-refractivity contribution in [2.24, 2.45) is 12.0 Å². The Morgan fingerprint density at radius 3 is 2.64 bits per heavy atom. The molecule has 1 aromatic heterocycles. The smallest absolute Gasteiger partial charge is 0.191 e. The van der Waals surface area contributed by atoms with E-state index >= 15 is 0 Å². The third-order valence-corrected chi connectivity index (χ3v) is 3.32. The molecule has 0 amide bonds. The Balaban J connectivity index is 1.77. The van der Waals surface area contributed by atoms with E-state index in [1.165, 1.54) is 11.1 Å². The van der Waals surface area contributed by atoms with Crippen LogP contribution in [-0.2, 0) is 19.9 Å². The zero-order valence-corrected chi connectivity index (χ0v) is 13.4. The van der Waals surface area contributed by atoms with Crippen molar-refractivity contribution in [3.05, 3.63) is 53.9 Å². The average molecular weight is 299 g/mol. The Morgan fingerprint density at radius 2 is 1.95 bits per heavy atom. The van der Waals surface area contributed by atoms with Crippen molar-refractivity contribution in [2.75, 3.05) is 19.6 Å². The number of hydrogen-bond donors (Lipinski definition) is 2. The Kier molecular flexibility index (Phi) is 6.48. The van der Waals surface area contributed by atoms with Crippen LogP contribution in [0.1, 0.15) is 18.1 Å².